The molecule has 2 N–H and O–H groups in total. The highest BCUT2D eigenvalue weighted by Crippen LogP contribution is 2.26. The number of amides is 1. The Morgan fingerprint density at radius 1 is 0.816 bits per heavy atom. The van der Waals surface area contributed by atoms with E-state index in [1.54, 1.807) is 0 Å². The Morgan fingerprint density at radius 3 is 1.79 bits per heavy atom. The second kappa shape index (κ2) is 18.3. The number of carbonyl (C=O) groups is 1. The fraction of sp³-hybridized carbons (Fsp3) is 0.656. The minimum Gasteiger partial charge on any atom is -0.491 e. The number of aliphatic hydroxyl groups excluding tert-OH is 1. The van der Waals surface area contributed by atoms with Crippen molar-refractivity contribution >= 4 is 22.1 Å². The third kappa shape index (κ3) is 16.8. The zero-order chi connectivity index (χ0) is 28.4. The molecule has 0 aromatic heterocycles. The number of benzene rings is 1. The Hall–Kier alpha value is -2.00. The van der Waals surface area contributed by atoms with E-state index < -0.39 is 16.1 Å². The predicted molar refractivity (Wildman–Crippen MR) is 168 cm³/mol. The molecule has 0 spiro atoms. The average molecular weight is 556 g/mol. The highest BCUT2D eigenvalue weighted by atomic mass is 28.3. The average Bonchev–Trinajstić information content (AvgIpc) is 2.84. The van der Waals surface area contributed by atoms with E-state index in [0.29, 0.717) is 31.7 Å². The number of carbonyl (C=O) groups excluding carboxylic acids is 1. The zero-order valence-electron chi connectivity index (χ0n) is 25.3. The summed E-state index contributed by atoms with van der Waals surface area (Å²) in [6, 6.07) is 4.06. The molecule has 0 aliphatic rings. The van der Waals surface area contributed by atoms with Gasteiger partial charge in [-0.15, -0.1) is 11.1 Å². The topological polar surface area (TPSA) is 58.6 Å². The first-order valence-corrected chi connectivity index (χ1v) is 21.7. The maximum atomic E-state index is 12.5. The van der Waals surface area contributed by atoms with Crippen molar-refractivity contribution in [2.75, 3.05) is 13.2 Å². The van der Waals surface area contributed by atoms with Crippen molar-refractivity contribution in [1.82, 2.24) is 5.32 Å². The molecule has 1 rings (SSSR count). The lowest BCUT2D eigenvalue weighted by Crippen LogP contribution is -2.22. The van der Waals surface area contributed by atoms with Gasteiger partial charge in [0.25, 0.3) is 0 Å². The number of rotatable bonds is 16. The summed E-state index contributed by atoms with van der Waals surface area (Å²) in [5, 5.41) is 12.4. The van der Waals surface area contributed by atoms with Crippen LogP contribution < -0.4 is 10.1 Å². The minimum absolute atomic E-state index is 0.0783. The molecule has 1 amide bonds. The van der Waals surface area contributed by atoms with Gasteiger partial charge in [0, 0.05) is 26.0 Å². The van der Waals surface area contributed by atoms with Gasteiger partial charge in [0.2, 0.25) is 5.91 Å². The highest BCUT2D eigenvalue weighted by molar-refractivity contribution is 6.84. The van der Waals surface area contributed by atoms with Crippen molar-refractivity contribution < 1.29 is 14.6 Å². The number of aliphatic hydroxyl groups is 1. The Morgan fingerprint density at radius 2 is 1.32 bits per heavy atom. The normalized spacial score (nSPS) is 11.3. The Bertz CT molecular complexity index is 916. The van der Waals surface area contributed by atoms with Crippen molar-refractivity contribution in [3.05, 3.63) is 28.8 Å². The molecule has 0 atom stereocenters. The van der Waals surface area contributed by atoms with Gasteiger partial charge in [-0.05, 0) is 24.1 Å². The molecule has 0 bridgehead atoms. The summed E-state index contributed by atoms with van der Waals surface area (Å²) in [6.45, 7) is 16.5. The van der Waals surface area contributed by atoms with Crippen LogP contribution in [0.25, 0.3) is 0 Å². The Labute approximate surface area is 235 Å². The van der Waals surface area contributed by atoms with Crippen molar-refractivity contribution in [2.45, 2.75) is 123 Å². The molecular formula is C32H53NO3Si2. The molecule has 4 nitrogen and oxygen atoms in total. The van der Waals surface area contributed by atoms with Crippen molar-refractivity contribution in [2.24, 2.45) is 0 Å². The van der Waals surface area contributed by atoms with Gasteiger partial charge in [0.05, 0.1) is 17.7 Å². The molecule has 0 unspecified atom stereocenters. The lowest BCUT2D eigenvalue weighted by molar-refractivity contribution is -0.121. The maximum absolute atomic E-state index is 12.5. The van der Waals surface area contributed by atoms with Crippen LogP contribution >= 0.6 is 0 Å². The van der Waals surface area contributed by atoms with Gasteiger partial charge in [-0.2, -0.15) is 0 Å². The summed E-state index contributed by atoms with van der Waals surface area (Å²) < 4.78 is 6.11. The van der Waals surface area contributed by atoms with Crippen molar-refractivity contribution in [3.63, 3.8) is 0 Å². The molecule has 1 aromatic carbocycles. The van der Waals surface area contributed by atoms with Gasteiger partial charge in [-0.1, -0.05) is 109 Å². The summed E-state index contributed by atoms with van der Waals surface area (Å²) in [7, 11) is -3.22. The number of unbranched alkanes of at least 4 members (excludes halogenated alkanes) is 8. The van der Waals surface area contributed by atoms with E-state index in [1.807, 2.05) is 12.1 Å². The van der Waals surface area contributed by atoms with Crippen LogP contribution in [0.4, 0.5) is 0 Å². The van der Waals surface area contributed by atoms with E-state index in [-0.39, 0.29) is 12.5 Å². The van der Waals surface area contributed by atoms with Crippen molar-refractivity contribution in [3.8, 4) is 28.7 Å². The number of ether oxygens (including phenoxy) is 1. The van der Waals surface area contributed by atoms with Crippen LogP contribution in [-0.2, 0) is 11.3 Å². The largest absolute Gasteiger partial charge is 0.491 e. The van der Waals surface area contributed by atoms with Crippen LogP contribution in [0.2, 0.25) is 39.3 Å². The zero-order valence-corrected chi connectivity index (χ0v) is 27.3. The second-order valence-electron chi connectivity index (χ2n) is 12.3. The molecular weight excluding hydrogens is 503 g/mol. The van der Waals surface area contributed by atoms with E-state index in [0.717, 1.165) is 29.5 Å². The van der Waals surface area contributed by atoms with Crippen molar-refractivity contribution in [1.29, 1.82) is 0 Å². The summed E-state index contributed by atoms with van der Waals surface area (Å²) in [5.74, 6) is 7.53. The molecule has 0 fully saturated rings. The van der Waals surface area contributed by atoms with Crippen LogP contribution in [0, 0.1) is 22.9 Å². The van der Waals surface area contributed by atoms with Crippen LogP contribution in [0.3, 0.4) is 0 Å². The van der Waals surface area contributed by atoms with Crippen LogP contribution in [0.1, 0.15) is 94.2 Å². The molecule has 0 aliphatic heterocycles. The van der Waals surface area contributed by atoms with Gasteiger partial charge in [-0.3, -0.25) is 4.79 Å². The monoisotopic (exact) mass is 555 g/mol. The lowest BCUT2D eigenvalue weighted by Gasteiger charge is -2.14. The number of nitrogens with one attached hydrogen (secondary N) is 1. The van der Waals surface area contributed by atoms with E-state index in [1.165, 1.54) is 44.9 Å². The lowest BCUT2D eigenvalue weighted by atomic mass is 10.0. The van der Waals surface area contributed by atoms with E-state index in [2.05, 4.69) is 74.5 Å². The molecule has 0 saturated carbocycles. The van der Waals surface area contributed by atoms with Crippen LogP contribution in [-0.4, -0.2) is 40.4 Å². The number of hydrogen-bond acceptors (Lipinski definition) is 3. The molecule has 38 heavy (non-hydrogen) atoms. The van der Waals surface area contributed by atoms with Gasteiger partial charge < -0.3 is 15.2 Å². The molecule has 1 aromatic rings. The number of hydrogen-bond donors (Lipinski definition) is 2. The first-order valence-electron chi connectivity index (χ1n) is 14.7. The second-order valence-corrected chi connectivity index (χ2v) is 21.8. The fourth-order valence-electron chi connectivity index (χ4n) is 3.77. The SMILES string of the molecule is CCCCCCCCCCCC(=O)NCc1cc(C#C[Si](C)(C)C)c(OCCCO)c(C#C[Si](C)(C)C)c1. The van der Waals surface area contributed by atoms with E-state index >= 15 is 0 Å². The summed E-state index contributed by atoms with van der Waals surface area (Å²) >= 11 is 0. The molecule has 0 radical (unpaired) electrons. The molecule has 0 aliphatic carbocycles. The highest BCUT2D eigenvalue weighted by Gasteiger charge is 2.15. The van der Waals surface area contributed by atoms with Gasteiger partial charge in [0.15, 0.2) is 0 Å². The summed E-state index contributed by atoms with van der Waals surface area (Å²) in [4.78, 5) is 12.5. The smallest absolute Gasteiger partial charge is 0.220 e. The third-order valence-corrected chi connectivity index (χ3v) is 7.59. The fourth-order valence-corrected chi connectivity index (χ4v) is 4.78. The first-order chi connectivity index (χ1) is 17.9. The summed E-state index contributed by atoms with van der Waals surface area (Å²) in [5.41, 5.74) is 9.52. The summed E-state index contributed by atoms with van der Waals surface area (Å²) in [6.07, 6.45) is 12.3. The van der Waals surface area contributed by atoms with Crippen LogP contribution in [0.15, 0.2) is 12.1 Å². The minimum atomic E-state index is -1.61. The third-order valence-electron chi connectivity index (χ3n) is 5.84. The Balaban J connectivity index is 2.92. The predicted octanol–water partition coefficient (Wildman–Crippen LogP) is 7.44. The molecule has 6 heteroatoms. The van der Waals surface area contributed by atoms with E-state index in [9.17, 15) is 9.90 Å². The first kappa shape index (κ1) is 34.0. The quantitative estimate of drug-likeness (QED) is 0.127. The van der Waals surface area contributed by atoms with Crippen LogP contribution in [0.5, 0.6) is 5.75 Å². The maximum Gasteiger partial charge on any atom is 0.220 e. The molecule has 0 saturated heterocycles. The molecule has 212 valence electrons. The van der Waals surface area contributed by atoms with Gasteiger partial charge >= 0.3 is 0 Å². The van der Waals surface area contributed by atoms with Gasteiger partial charge in [-0.25, -0.2) is 0 Å². The Kier molecular flexibility index (Phi) is 16.4. The molecule has 0 heterocycles. The standard InChI is InChI=1S/C32H53NO3Si2/c1-8-9-10-11-12-13-14-15-16-18-31(35)33-27-28-25-29(19-23-37(2,3)4)32(36-22-17-21-34)30(26-28)20-24-38(5,6)7/h25-26,34H,8-18,21-22,27H2,1-7H3,(H,33,35). The van der Waals surface area contributed by atoms with E-state index in [4.69, 9.17) is 4.74 Å². The van der Waals surface area contributed by atoms with Gasteiger partial charge in [0.1, 0.15) is 21.9 Å².